The van der Waals surface area contributed by atoms with Gasteiger partial charge in [0.25, 0.3) is 0 Å². The molecule has 0 spiro atoms. The standard InChI is InChI=1S/C25H20FN5O4/c1-12-20-19(22(29-24(28-20)34-2)30-25(14-6-7-14)8-9-27-31-25)23(33)35-21(12)16-11-15(32)10-13-4-3-5-17(26)18(13)16/h3-5,8-11,14,32H,6-7H2,1-2H3,(H,28,29,30). The number of phenols is 1. The number of aromatic nitrogens is 2. The quantitative estimate of drug-likeness (QED) is 0.415. The van der Waals surface area contributed by atoms with Crippen LogP contribution in [0.25, 0.3) is 33.0 Å². The lowest BCUT2D eigenvalue weighted by molar-refractivity contribution is 0.381. The molecular weight excluding hydrogens is 453 g/mol. The van der Waals surface area contributed by atoms with Gasteiger partial charge in [-0.15, -0.1) is 0 Å². The van der Waals surface area contributed by atoms with Gasteiger partial charge in [0.2, 0.25) is 0 Å². The van der Waals surface area contributed by atoms with Gasteiger partial charge < -0.3 is 19.6 Å². The number of anilines is 1. The van der Waals surface area contributed by atoms with Crippen molar-refractivity contribution in [2.45, 2.75) is 25.4 Å². The summed E-state index contributed by atoms with van der Waals surface area (Å²) in [5.41, 5.74) is -0.548. The molecule has 2 N–H and O–H groups in total. The summed E-state index contributed by atoms with van der Waals surface area (Å²) < 4.78 is 25.9. The van der Waals surface area contributed by atoms with Gasteiger partial charge in [0, 0.05) is 28.6 Å². The van der Waals surface area contributed by atoms with E-state index in [1.54, 1.807) is 25.3 Å². The molecule has 3 heterocycles. The van der Waals surface area contributed by atoms with Crippen molar-refractivity contribution in [1.82, 2.24) is 9.97 Å². The first-order chi connectivity index (χ1) is 16.9. The molecule has 1 aliphatic carbocycles. The molecule has 1 aliphatic heterocycles. The number of ether oxygens (including phenoxy) is 1. The zero-order valence-electron chi connectivity index (χ0n) is 18.9. The fraction of sp³-hybridized carbons (Fsp3) is 0.240. The van der Waals surface area contributed by atoms with Crippen LogP contribution in [0.15, 0.2) is 62.0 Å². The first-order valence-electron chi connectivity index (χ1n) is 11.1. The summed E-state index contributed by atoms with van der Waals surface area (Å²) >= 11 is 0. The Hall–Kier alpha value is -4.34. The topological polar surface area (TPSA) is 122 Å². The highest BCUT2D eigenvalue weighted by Gasteiger charge is 2.46. The molecule has 10 heteroatoms. The van der Waals surface area contributed by atoms with E-state index in [-0.39, 0.29) is 51.1 Å². The summed E-state index contributed by atoms with van der Waals surface area (Å²) in [7, 11) is 1.43. The molecular formula is C25H20FN5O4. The van der Waals surface area contributed by atoms with Gasteiger partial charge in [0.15, 0.2) is 11.5 Å². The van der Waals surface area contributed by atoms with Gasteiger partial charge in [-0.25, -0.2) is 9.18 Å². The molecule has 0 amide bonds. The number of nitrogens with zero attached hydrogens (tertiary/aromatic N) is 4. The molecule has 4 aromatic rings. The van der Waals surface area contributed by atoms with Crippen molar-refractivity contribution < 1.29 is 18.7 Å². The van der Waals surface area contributed by atoms with Crippen LogP contribution in [0.3, 0.4) is 0 Å². The molecule has 1 unspecified atom stereocenters. The molecule has 2 aliphatic rings. The normalized spacial score (nSPS) is 19.1. The highest BCUT2D eigenvalue weighted by Crippen LogP contribution is 2.46. The molecule has 1 fully saturated rings. The Labute approximate surface area is 198 Å². The van der Waals surface area contributed by atoms with Gasteiger partial charge >= 0.3 is 11.6 Å². The summed E-state index contributed by atoms with van der Waals surface area (Å²) in [6, 6.07) is 7.38. The maximum Gasteiger partial charge on any atom is 0.349 e. The lowest BCUT2D eigenvalue weighted by Gasteiger charge is -2.25. The largest absolute Gasteiger partial charge is 0.508 e. The number of hydrogen-bond acceptors (Lipinski definition) is 9. The second-order valence-electron chi connectivity index (χ2n) is 8.71. The summed E-state index contributed by atoms with van der Waals surface area (Å²) in [4.78, 5) is 22.2. The van der Waals surface area contributed by atoms with E-state index in [4.69, 9.17) is 9.15 Å². The van der Waals surface area contributed by atoms with Gasteiger partial charge in [-0.3, -0.25) is 0 Å². The number of rotatable bonds is 5. The minimum atomic E-state index is -0.810. The van der Waals surface area contributed by atoms with Crippen molar-refractivity contribution in [1.29, 1.82) is 0 Å². The average molecular weight is 473 g/mol. The van der Waals surface area contributed by atoms with Gasteiger partial charge in [0.05, 0.1) is 12.6 Å². The Kier molecular flexibility index (Phi) is 4.60. The maximum atomic E-state index is 14.9. The van der Waals surface area contributed by atoms with Crippen molar-refractivity contribution >= 4 is 27.5 Å². The van der Waals surface area contributed by atoms with Crippen LogP contribution in [0.5, 0.6) is 11.8 Å². The number of benzene rings is 2. The monoisotopic (exact) mass is 473 g/mol. The Morgan fingerprint density at radius 1 is 1.23 bits per heavy atom. The highest BCUT2D eigenvalue weighted by atomic mass is 19.1. The second kappa shape index (κ2) is 7.59. The van der Waals surface area contributed by atoms with Crippen molar-refractivity contribution in [2.24, 2.45) is 16.1 Å². The van der Waals surface area contributed by atoms with Crippen LogP contribution in [-0.2, 0) is 0 Å². The molecule has 0 bridgehead atoms. The van der Waals surface area contributed by atoms with E-state index in [0.29, 0.717) is 10.9 Å². The number of aryl methyl sites for hydroxylation is 1. The molecule has 0 saturated heterocycles. The first kappa shape index (κ1) is 21.2. The third kappa shape index (κ3) is 3.32. The minimum Gasteiger partial charge on any atom is -0.508 e. The van der Waals surface area contributed by atoms with E-state index < -0.39 is 17.1 Å². The Balaban J connectivity index is 1.62. The van der Waals surface area contributed by atoms with Crippen LogP contribution in [0, 0.1) is 18.7 Å². The number of halogens is 1. The third-order valence-electron chi connectivity index (χ3n) is 6.46. The van der Waals surface area contributed by atoms with Crippen LogP contribution >= 0.6 is 0 Å². The summed E-state index contributed by atoms with van der Waals surface area (Å²) in [5.74, 6) is -0.0770. The number of methoxy groups -OCH3 is 1. The molecule has 6 rings (SSSR count). The maximum absolute atomic E-state index is 14.9. The Morgan fingerprint density at radius 3 is 2.77 bits per heavy atom. The molecule has 0 radical (unpaired) electrons. The van der Waals surface area contributed by atoms with Gasteiger partial charge in [0.1, 0.15) is 22.7 Å². The smallest absolute Gasteiger partial charge is 0.349 e. The molecule has 176 valence electrons. The summed E-state index contributed by atoms with van der Waals surface area (Å²) in [6.07, 6.45) is 5.38. The summed E-state index contributed by atoms with van der Waals surface area (Å²) in [5, 5.41) is 22.7. The van der Waals surface area contributed by atoms with Crippen molar-refractivity contribution in [3.63, 3.8) is 0 Å². The zero-order chi connectivity index (χ0) is 24.3. The molecule has 35 heavy (non-hydrogen) atoms. The van der Waals surface area contributed by atoms with Gasteiger partial charge in [-0.1, -0.05) is 12.1 Å². The van der Waals surface area contributed by atoms with Crippen LogP contribution in [0.4, 0.5) is 10.2 Å². The number of hydrogen-bond donors (Lipinski definition) is 2. The lowest BCUT2D eigenvalue weighted by atomic mass is 9.98. The SMILES string of the molecule is COc1nc(NC2(C3CC3)C=CN=N2)c2c(=O)oc(-c3cc(O)cc4cccc(F)c34)c(C)c2n1. The number of nitrogens with one attached hydrogen (secondary N) is 1. The van der Waals surface area contributed by atoms with E-state index in [1.165, 1.54) is 25.3 Å². The van der Waals surface area contributed by atoms with Crippen LogP contribution < -0.4 is 15.7 Å². The predicted molar refractivity (Wildman–Crippen MR) is 127 cm³/mol. The third-order valence-corrected chi connectivity index (χ3v) is 6.46. The van der Waals surface area contributed by atoms with Gasteiger partial charge in [-0.05, 0) is 49.4 Å². The molecule has 2 aromatic heterocycles. The average Bonchev–Trinajstić information content (AvgIpc) is 3.60. The number of aromatic hydroxyl groups is 1. The number of fused-ring (bicyclic) bond motifs is 2. The zero-order valence-corrected chi connectivity index (χ0v) is 18.9. The Morgan fingerprint density at radius 2 is 2.06 bits per heavy atom. The van der Waals surface area contributed by atoms with E-state index in [0.717, 1.165) is 12.8 Å². The summed E-state index contributed by atoms with van der Waals surface area (Å²) in [6.45, 7) is 1.71. The molecule has 1 atom stereocenters. The van der Waals surface area contributed by atoms with Crippen molar-refractivity contribution in [3.05, 3.63) is 64.4 Å². The minimum absolute atomic E-state index is 0.0384. The van der Waals surface area contributed by atoms with Crippen LogP contribution in [0.2, 0.25) is 0 Å². The van der Waals surface area contributed by atoms with E-state index in [1.807, 2.05) is 6.08 Å². The van der Waals surface area contributed by atoms with E-state index >= 15 is 0 Å². The van der Waals surface area contributed by atoms with Crippen molar-refractivity contribution in [3.8, 4) is 23.1 Å². The fourth-order valence-corrected chi connectivity index (χ4v) is 4.63. The fourth-order valence-electron chi connectivity index (χ4n) is 4.63. The van der Waals surface area contributed by atoms with Gasteiger partial charge in [-0.2, -0.15) is 20.2 Å². The predicted octanol–water partition coefficient (Wildman–Crippen LogP) is 5.06. The van der Waals surface area contributed by atoms with Crippen LogP contribution in [0.1, 0.15) is 18.4 Å². The first-order valence-corrected chi connectivity index (χ1v) is 11.1. The lowest BCUT2D eigenvalue weighted by Crippen LogP contribution is -2.35. The van der Waals surface area contributed by atoms with E-state index in [2.05, 4.69) is 25.5 Å². The Bertz CT molecular complexity index is 1630. The molecule has 9 nitrogen and oxygen atoms in total. The number of azo groups is 1. The highest BCUT2D eigenvalue weighted by molar-refractivity contribution is 6.00. The molecule has 2 aromatic carbocycles. The van der Waals surface area contributed by atoms with Crippen molar-refractivity contribution in [2.75, 3.05) is 12.4 Å². The number of phenolic OH excluding ortho intramolecular Hbond substituents is 1. The second-order valence-corrected chi connectivity index (χ2v) is 8.71. The van der Waals surface area contributed by atoms with E-state index in [9.17, 15) is 14.3 Å². The molecule has 1 saturated carbocycles. The van der Waals surface area contributed by atoms with Crippen LogP contribution in [-0.4, -0.2) is 27.8 Å².